The zero-order valence-electron chi connectivity index (χ0n) is 17.1. The van der Waals surface area contributed by atoms with Crippen LogP contribution in [0.15, 0.2) is 53.8 Å². The molecule has 1 aromatic carbocycles. The Bertz CT molecular complexity index is 1480. The molecule has 0 saturated carbocycles. The highest BCUT2D eigenvalue weighted by atomic mass is 35.5. The Morgan fingerprint density at radius 1 is 1.25 bits per heavy atom. The summed E-state index contributed by atoms with van der Waals surface area (Å²) in [6, 6.07) is 10.2. The lowest BCUT2D eigenvalue weighted by Crippen LogP contribution is -2.31. The first-order chi connectivity index (χ1) is 15.4. The van der Waals surface area contributed by atoms with Crippen molar-refractivity contribution in [3.63, 3.8) is 0 Å². The second kappa shape index (κ2) is 7.74. The molecular weight excluding hydrogens is 450 g/mol. The van der Waals surface area contributed by atoms with E-state index < -0.39 is 10.0 Å². The molecule has 1 aliphatic rings. The largest absolute Gasteiger partial charge is 0.381 e. The number of rotatable bonds is 5. The number of ether oxygens (including phenoxy) is 1. The molecule has 0 atom stereocenters. The Labute approximate surface area is 189 Å². The van der Waals surface area contributed by atoms with Crippen molar-refractivity contribution >= 4 is 32.7 Å². The van der Waals surface area contributed by atoms with E-state index in [1.165, 1.54) is 10.2 Å². The first kappa shape index (κ1) is 20.7. The first-order valence-corrected chi connectivity index (χ1v) is 11.7. The number of fused-ring (bicyclic) bond motifs is 1. The van der Waals surface area contributed by atoms with Crippen LogP contribution >= 0.6 is 11.6 Å². The highest BCUT2D eigenvalue weighted by molar-refractivity contribution is 7.90. The van der Waals surface area contributed by atoms with Crippen molar-refractivity contribution in [2.24, 2.45) is 5.92 Å². The normalized spacial score (nSPS) is 14.4. The van der Waals surface area contributed by atoms with Gasteiger partial charge in [-0.05, 0) is 25.1 Å². The zero-order chi connectivity index (χ0) is 22.5. The predicted molar refractivity (Wildman–Crippen MR) is 119 cm³/mol. The molecule has 0 amide bonds. The molecule has 0 unspecified atom stereocenters. The predicted octanol–water partition coefficient (Wildman–Crippen LogP) is 3.62. The van der Waals surface area contributed by atoms with E-state index in [4.69, 9.17) is 16.3 Å². The number of benzene rings is 1. The molecule has 8 nitrogen and oxygen atoms in total. The Kier molecular flexibility index (Phi) is 5.01. The number of nitriles is 1. The molecule has 0 spiro atoms. The van der Waals surface area contributed by atoms with Crippen LogP contribution in [0.25, 0.3) is 22.3 Å². The molecule has 5 rings (SSSR count). The van der Waals surface area contributed by atoms with Gasteiger partial charge in [0, 0.05) is 35.8 Å². The van der Waals surface area contributed by atoms with Gasteiger partial charge in [-0.2, -0.15) is 10.4 Å². The Hall–Kier alpha value is -3.19. The summed E-state index contributed by atoms with van der Waals surface area (Å²) in [7, 11) is -4.01. The summed E-state index contributed by atoms with van der Waals surface area (Å²) in [6.07, 6.45) is 4.70. The Balaban J connectivity index is 1.72. The Morgan fingerprint density at radius 2 is 2.00 bits per heavy atom. The van der Waals surface area contributed by atoms with Gasteiger partial charge in [-0.25, -0.2) is 17.4 Å². The second-order valence-corrected chi connectivity index (χ2v) is 9.97. The van der Waals surface area contributed by atoms with Gasteiger partial charge in [0.05, 0.1) is 40.6 Å². The maximum absolute atomic E-state index is 13.7. The van der Waals surface area contributed by atoms with Crippen LogP contribution in [0.1, 0.15) is 11.1 Å². The van der Waals surface area contributed by atoms with Gasteiger partial charge >= 0.3 is 0 Å². The van der Waals surface area contributed by atoms with Crippen LogP contribution in [0.2, 0.25) is 5.02 Å². The fourth-order valence-electron chi connectivity index (χ4n) is 3.68. The number of halogens is 1. The van der Waals surface area contributed by atoms with E-state index in [2.05, 4.69) is 10.1 Å². The van der Waals surface area contributed by atoms with Crippen molar-refractivity contribution in [3.8, 4) is 17.3 Å². The van der Waals surface area contributed by atoms with Crippen LogP contribution in [0.3, 0.4) is 0 Å². The average Bonchev–Trinajstić information content (AvgIpc) is 3.36. The van der Waals surface area contributed by atoms with Crippen LogP contribution < -0.4 is 0 Å². The number of aromatic nitrogens is 4. The molecule has 1 saturated heterocycles. The maximum Gasteiger partial charge on any atom is 0.269 e. The number of hydrogen-bond acceptors (Lipinski definition) is 6. The first-order valence-electron chi connectivity index (χ1n) is 9.91. The monoisotopic (exact) mass is 467 g/mol. The highest BCUT2D eigenvalue weighted by Crippen LogP contribution is 2.35. The minimum absolute atomic E-state index is 0.128. The molecule has 4 aromatic rings. The van der Waals surface area contributed by atoms with Gasteiger partial charge in [-0.1, -0.05) is 29.3 Å². The molecule has 0 radical (unpaired) electrons. The number of hydrogen-bond donors (Lipinski definition) is 0. The lowest BCUT2D eigenvalue weighted by molar-refractivity contribution is -0.0408. The molecular formula is C22H18ClN5O3S. The summed E-state index contributed by atoms with van der Waals surface area (Å²) in [6.45, 7) is 3.95. The van der Waals surface area contributed by atoms with Gasteiger partial charge in [0.15, 0.2) is 5.65 Å². The lowest BCUT2D eigenvalue weighted by Gasteiger charge is -2.25. The SMILES string of the molecule is Cc1ccc(S(=O)(=O)n2c(-c3cnn(CC4COC4)c3)cc3c(Cl)c(C#N)cnc32)cc1. The van der Waals surface area contributed by atoms with E-state index in [1.807, 2.05) is 13.0 Å². The lowest BCUT2D eigenvalue weighted by atomic mass is 10.1. The molecule has 0 N–H and O–H groups in total. The minimum atomic E-state index is -4.01. The summed E-state index contributed by atoms with van der Waals surface area (Å²) in [5.74, 6) is 0.388. The summed E-state index contributed by atoms with van der Waals surface area (Å²) in [4.78, 5) is 4.41. The number of pyridine rings is 1. The second-order valence-electron chi connectivity index (χ2n) is 7.80. The van der Waals surface area contributed by atoms with Gasteiger partial charge in [0.25, 0.3) is 10.0 Å². The molecule has 1 aliphatic heterocycles. The van der Waals surface area contributed by atoms with E-state index in [0.717, 1.165) is 5.56 Å². The molecule has 32 heavy (non-hydrogen) atoms. The van der Waals surface area contributed by atoms with Crippen LogP contribution in [-0.2, 0) is 21.3 Å². The number of nitrogens with zero attached hydrogens (tertiary/aromatic N) is 5. The molecule has 3 aromatic heterocycles. The summed E-state index contributed by atoms with van der Waals surface area (Å²) in [5.41, 5.74) is 2.26. The fraction of sp³-hybridized carbons (Fsp3) is 0.227. The van der Waals surface area contributed by atoms with E-state index in [9.17, 15) is 13.7 Å². The smallest absolute Gasteiger partial charge is 0.269 e. The standard InChI is InChI=1S/C22H18ClN5O3S/c1-14-2-4-18(5-3-14)32(29,30)28-20(6-19-21(23)16(7-24)8-25-22(19)28)17-9-26-27(11-17)10-15-12-31-13-15/h2-6,8-9,11,15H,10,12-13H2,1H3. The third kappa shape index (κ3) is 3.37. The molecule has 0 bridgehead atoms. The van der Waals surface area contributed by atoms with Gasteiger partial charge in [-0.3, -0.25) is 4.68 Å². The molecule has 1 fully saturated rings. The topological polar surface area (TPSA) is 103 Å². The average molecular weight is 468 g/mol. The van der Waals surface area contributed by atoms with E-state index in [1.54, 1.807) is 47.4 Å². The molecule has 4 heterocycles. The number of aryl methyl sites for hydroxylation is 1. The highest BCUT2D eigenvalue weighted by Gasteiger charge is 2.27. The fourth-order valence-corrected chi connectivity index (χ4v) is 5.39. The third-order valence-corrected chi connectivity index (χ3v) is 7.61. The molecule has 162 valence electrons. The zero-order valence-corrected chi connectivity index (χ0v) is 18.6. The molecule has 0 aliphatic carbocycles. The van der Waals surface area contributed by atoms with Crippen molar-refractivity contribution in [2.75, 3.05) is 13.2 Å². The third-order valence-electron chi connectivity index (χ3n) is 5.48. The van der Waals surface area contributed by atoms with Crippen molar-refractivity contribution in [1.29, 1.82) is 5.26 Å². The quantitative estimate of drug-likeness (QED) is 0.444. The van der Waals surface area contributed by atoms with E-state index in [-0.39, 0.29) is 21.1 Å². The summed E-state index contributed by atoms with van der Waals surface area (Å²) >= 11 is 6.43. The van der Waals surface area contributed by atoms with Crippen LogP contribution in [0, 0.1) is 24.2 Å². The van der Waals surface area contributed by atoms with Gasteiger partial charge < -0.3 is 4.74 Å². The Morgan fingerprint density at radius 3 is 2.66 bits per heavy atom. The maximum atomic E-state index is 13.7. The van der Waals surface area contributed by atoms with Crippen molar-refractivity contribution < 1.29 is 13.2 Å². The van der Waals surface area contributed by atoms with E-state index in [0.29, 0.717) is 42.3 Å². The molecule has 10 heteroatoms. The van der Waals surface area contributed by atoms with Gasteiger partial charge in [-0.15, -0.1) is 0 Å². The van der Waals surface area contributed by atoms with Crippen molar-refractivity contribution in [1.82, 2.24) is 18.7 Å². The van der Waals surface area contributed by atoms with Crippen molar-refractivity contribution in [3.05, 3.63) is 65.1 Å². The van der Waals surface area contributed by atoms with Crippen LogP contribution in [0.5, 0.6) is 0 Å². The summed E-state index contributed by atoms with van der Waals surface area (Å²) in [5, 5.41) is 14.3. The summed E-state index contributed by atoms with van der Waals surface area (Å²) < 4.78 is 35.6. The minimum Gasteiger partial charge on any atom is -0.381 e. The van der Waals surface area contributed by atoms with Crippen LogP contribution in [-0.4, -0.2) is 40.4 Å². The van der Waals surface area contributed by atoms with Crippen LogP contribution in [0.4, 0.5) is 0 Å². The van der Waals surface area contributed by atoms with E-state index >= 15 is 0 Å². The van der Waals surface area contributed by atoms with Crippen molar-refractivity contribution in [2.45, 2.75) is 18.4 Å². The van der Waals surface area contributed by atoms with Gasteiger partial charge in [0.1, 0.15) is 6.07 Å². The van der Waals surface area contributed by atoms with Gasteiger partial charge in [0.2, 0.25) is 0 Å².